The highest BCUT2D eigenvalue weighted by Crippen LogP contribution is 2.22. The quantitative estimate of drug-likeness (QED) is 0.525. The zero-order chi connectivity index (χ0) is 13.0. The Morgan fingerprint density at radius 3 is 2.76 bits per heavy atom. The number of nitrogens with one attached hydrogen (secondary N) is 1. The van der Waals surface area contributed by atoms with Gasteiger partial charge in [-0.3, -0.25) is 0 Å². The molecule has 0 saturated carbocycles. The lowest BCUT2D eigenvalue weighted by Gasteiger charge is -2.09. The fourth-order valence-corrected chi connectivity index (χ4v) is 2.27. The summed E-state index contributed by atoms with van der Waals surface area (Å²) in [6.07, 6.45) is 0. The summed E-state index contributed by atoms with van der Waals surface area (Å²) in [4.78, 5) is 28.2. The molecule has 0 aliphatic heterocycles. The second kappa shape index (κ2) is 5.83. The Labute approximate surface area is 102 Å². The molecule has 0 saturated heterocycles. The molecular formula is C10H14N2O4S. The van der Waals surface area contributed by atoms with Crippen molar-refractivity contribution < 1.29 is 15.0 Å². The van der Waals surface area contributed by atoms with Crippen LogP contribution in [0.25, 0.3) is 0 Å². The Balaban J connectivity index is 3.04. The highest BCUT2D eigenvalue weighted by Gasteiger charge is 2.17. The smallest absolute Gasteiger partial charge is 0.346 e. The van der Waals surface area contributed by atoms with E-state index >= 15 is 0 Å². The fourth-order valence-electron chi connectivity index (χ4n) is 1.19. The van der Waals surface area contributed by atoms with Crippen LogP contribution in [0.3, 0.4) is 0 Å². The summed E-state index contributed by atoms with van der Waals surface area (Å²) < 4.78 is 0. The second-order valence-electron chi connectivity index (χ2n) is 3.75. The largest absolute Gasteiger partial charge is 0.478 e. The van der Waals surface area contributed by atoms with Crippen molar-refractivity contribution in [2.24, 2.45) is 5.92 Å². The minimum Gasteiger partial charge on any atom is -0.478 e. The zero-order valence-corrected chi connectivity index (χ0v) is 10.4. The number of rotatable bonds is 5. The van der Waals surface area contributed by atoms with Crippen LogP contribution in [0.15, 0.2) is 9.82 Å². The van der Waals surface area contributed by atoms with Crippen molar-refractivity contribution in [3.05, 3.63) is 21.7 Å². The first-order chi connectivity index (χ1) is 7.95. The number of H-pyrrole nitrogens is 1. The predicted molar refractivity (Wildman–Crippen MR) is 63.5 cm³/mol. The highest BCUT2D eigenvalue weighted by atomic mass is 32.2. The fraction of sp³-hybridized carbons (Fsp3) is 0.500. The first-order valence-electron chi connectivity index (χ1n) is 5.03. The molecule has 7 heteroatoms. The number of hydrogen-bond acceptors (Lipinski definition) is 5. The van der Waals surface area contributed by atoms with Crippen molar-refractivity contribution in [1.82, 2.24) is 9.97 Å². The Kier molecular flexibility index (Phi) is 4.71. The number of carbonyl (C=O) groups is 1. The monoisotopic (exact) mass is 258 g/mol. The van der Waals surface area contributed by atoms with E-state index in [2.05, 4.69) is 9.97 Å². The standard InChI is InChI=1S/C10H14N2O4S/c1-5(3-13)4-17-8-7(9(14)15)6(2)11-10(16)12-8/h5,13H,3-4H2,1-2H3,(H,14,15)(H,11,12,16). The van der Waals surface area contributed by atoms with Gasteiger partial charge in [0.25, 0.3) is 0 Å². The van der Waals surface area contributed by atoms with Gasteiger partial charge in [-0.25, -0.2) is 9.59 Å². The van der Waals surface area contributed by atoms with E-state index < -0.39 is 11.7 Å². The predicted octanol–water partition coefficient (Wildman–Crippen LogP) is 0.497. The third-order valence-corrected chi connectivity index (χ3v) is 3.42. The number of thioether (sulfide) groups is 1. The summed E-state index contributed by atoms with van der Waals surface area (Å²) in [5.74, 6) is -0.597. The van der Waals surface area contributed by atoms with Gasteiger partial charge in [-0.1, -0.05) is 6.92 Å². The molecule has 1 atom stereocenters. The van der Waals surface area contributed by atoms with Gasteiger partial charge in [0, 0.05) is 18.1 Å². The van der Waals surface area contributed by atoms with Crippen molar-refractivity contribution in [3.63, 3.8) is 0 Å². The molecule has 0 spiro atoms. The Morgan fingerprint density at radius 1 is 1.59 bits per heavy atom. The Morgan fingerprint density at radius 2 is 2.24 bits per heavy atom. The molecule has 0 aromatic carbocycles. The molecule has 0 amide bonds. The van der Waals surface area contributed by atoms with Crippen LogP contribution in [-0.4, -0.2) is 38.5 Å². The minimum atomic E-state index is -1.12. The van der Waals surface area contributed by atoms with Gasteiger partial charge < -0.3 is 15.2 Å². The van der Waals surface area contributed by atoms with Gasteiger partial charge in [-0.15, -0.1) is 11.8 Å². The van der Waals surface area contributed by atoms with E-state index in [0.29, 0.717) is 5.75 Å². The molecular weight excluding hydrogens is 244 g/mol. The zero-order valence-electron chi connectivity index (χ0n) is 9.56. The van der Waals surface area contributed by atoms with Gasteiger partial charge in [0.05, 0.1) is 0 Å². The maximum absolute atomic E-state index is 11.2. The first-order valence-corrected chi connectivity index (χ1v) is 6.02. The topological polar surface area (TPSA) is 103 Å². The lowest BCUT2D eigenvalue weighted by Crippen LogP contribution is -2.18. The van der Waals surface area contributed by atoms with Crippen LogP contribution in [0.4, 0.5) is 0 Å². The number of aryl methyl sites for hydroxylation is 1. The maximum Gasteiger partial charge on any atom is 0.346 e. The lowest BCUT2D eigenvalue weighted by atomic mass is 10.2. The van der Waals surface area contributed by atoms with E-state index in [4.69, 9.17) is 10.2 Å². The molecule has 6 nitrogen and oxygen atoms in total. The molecule has 1 aromatic rings. The lowest BCUT2D eigenvalue weighted by molar-refractivity contribution is 0.0690. The molecule has 94 valence electrons. The van der Waals surface area contributed by atoms with E-state index in [1.54, 1.807) is 0 Å². The number of aliphatic hydroxyl groups is 1. The maximum atomic E-state index is 11.2. The minimum absolute atomic E-state index is 0.0115. The molecule has 3 N–H and O–H groups in total. The number of carboxylic acids is 1. The third kappa shape index (κ3) is 3.57. The number of nitrogens with zero attached hydrogens (tertiary/aromatic N) is 1. The number of aromatic carboxylic acids is 1. The van der Waals surface area contributed by atoms with E-state index in [-0.39, 0.29) is 28.8 Å². The molecule has 0 aliphatic rings. The molecule has 0 bridgehead atoms. The van der Waals surface area contributed by atoms with Gasteiger partial charge >= 0.3 is 11.7 Å². The van der Waals surface area contributed by atoms with E-state index in [9.17, 15) is 9.59 Å². The summed E-state index contributed by atoms with van der Waals surface area (Å²) in [6.45, 7) is 3.36. The normalized spacial score (nSPS) is 12.4. The van der Waals surface area contributed by atoms with Gasteiger partial charge in [0.15, 0.2) is 0 Å². The third-order valence-electron chi connectivity index (χ3n) is 2.12. The summed E-state index contributed by atoms with van der Waals surface area (Å²) in [6, 6.07) is 0. The molecule has 1 unspecified atom stereocenters. The molecule has 1 rings (SSSR count). The van der Waals surface area contributed by atoms with Crippen LogP contribution >= 0.6 is 11.8 Å². The molecule has 0 fully saturated rings. The highest BCUT2D eigenvalue weighted by molar-refractivity contribution is 7.99. The van der Waals surface area contributed by atoms with E-state index in [1.807, 2.05) is 6.92 Å². The van der Waals surface area contributed by atoms with Gasteiger partial charge in [0.1, 0.15) is 10.6 Å². The molecule has 0 radical (unpaired) electrons. The van der Waals surface area contributed by atoms with E-state index in [1.165, 1.54) is 6.92 Å². The summed E-state index contributed by atoms with van der Waals surface area (Å²) in [5, 5.41) is 18.1. The van der Waals surface area contributed by atoms with Crippen LogP contribution in [0, 0.1) is 12.8 Å². The SMILES string of the molecule is Cc1[nH]c(=O)nc(SCC(C)CO)c1C(=O)O. The van der Waals surface area contributed by atoms with Gasteiger partial charge in [-0.05, 0) is 12.8 Å². The number of hydrogen-bond donors (Lipinski definition) is 3. The summed E-state index contributed by atoms with van der Waals surface area (Å²) in [7, 11) is 0. The second-order valence-corrected chi connectivity index (χ2v) is 4.76. The van der Waals surface area contributed by atoms with Crippen molar-refractivity contribution in [2.45, 2.75) is 18.9 Å². The first kappa shape index (κ1) is 13.7. The van der Waals surface area contributed by atoms with Crippen LogP contribution in [0.2, 0.25) is 0 Å². The van der Waals surface area contributed by atoms with Crippen molar-refractivity contribution in [1.29, 1.82) is 0 Å². The van der Waals surface area contributed by atoms with Gasteiger partial charge in [-0.2, -0.15) is 4.98 Å². The number of aromatic amines is 1. The average Bonchev–Trinajstić information content (AvgIpc) is 2.24. The Hall–Kier alpha value is -1.34. The van der Waals surface area contributed by atoms with Gasteiger partial charge in [0.2, 0.25) is 0 Å². The molecule has 0 aliphatic carbocycles. The Bertz CT molecular complexity index is 472. The number of aliphatic hydroxyl groups excluding tert-OH is 1. The molecule has 1 aromatic heterocycles. The van der Waals surface area contributed by atoms with Crippen LogP contribution in [-0.2, 0) is 0 Å². The van der Waals surface area contributed by atoms with E-state index in [0.717, 1.165) is 11.8 Å². The summed E-state index contributed by atoms with van der Waals surface area (Å²) in [5.41, 5.74) is -0.261. The number of aromatic nitrogens is 2. The summed E-state index contributed by atoms with van der Waals surface area (Å²) >= 11 is 1.16. The molecule has 1 heterocycles. The van der Waals surface area contributed by atoms with Crippen LogP contribution in [0.1, 0.15) is 23.0 Å². The van der Waals surface area contributed by atoms with Crippen molar-refractivity contribution >= 4 is 17.7 Å². The number of carboxylic acid groups (broad SMARTS) is 1. The molecule has 17 heavy (non-hydrogen) atoms. The van der Waals surface area contributed by atoms with Crippen LogP contribution in [0.5, 0.6) is 0 Å². The van der Waals surface area contributed by atoms with Crippen molar-refractivity contribution in [2.75, 3.05) is 12.4 Å². The van der Waals surface area contributed by atoms with Crippen molar-refractivity contribution in [3.8, 4) is 0 Å². The van der Waals surface area contributed by atoms with Crippen LogP contribution < -0.4 is 5.69 Å². The average molecular weight is 258 g/mol.